The van der Waals surface area contributed by atoms with E-state index in [1.165, 1.54) is 0 Å². The molecule has 3 nitrogen and oxygen atoms in total. The third-order valence-electron chi connectivity index (χ3n) is 1.98. The summed E-state index contributed by atoms with van der Waals surface area (Å²) in [6.07, 6.45) is -0.386. The zero-order valence-electron chi connectivity index (χ0n) is 9.93. The lowest BCUT2D eigenvalue weighted by molar-refractivity contribution is 0.102. The van der Waals surface area contributed by atoms with Gasteiger partial charge in [0.1, 0.15) is 5.75 Å². The van der Waals surface area contributed by atoms with Crippen LogP contribution < -0.4 is 4.74 Å². The molecule has 0 saturated carbocycles. The van der Waals surface area contributed by atoms with Crippen molar-refractivity contribution in [3.63, 3.8) is 0 Å². The van der Waals surface area contributed by atoms with Crippen LogP contribution in [0.2, 0.25) is 0 Å². The minimum absolute atomic E-state index is 0.128. The van der Waals surface area contributed by atoms with Gasteiger partial charge in [-0.2, -0.15) is 5.26 Å². The summed E-state index contributed by atoms with van der Waals surface area (Å²) in [6.45, 7) is 6.33. The van der Waals surface area contributed by atoms with Gasteiger partial charge >= 0.3 is 0 Å². The molecule has 86 valence electrons. The molecule has 0 fully saturated rings. The molecule has 0 spiro atoms. The van der Waals surface area contributed by atoms with Gasteiger partial charge in [-0.3, -0.25) is 0 Å². The molecule has 0 aliphatic rings. The molecule has 1 aromatic rings. The second-order valence-corrected chi connectivity index (χ2v) is 3.70. The fourth-order valence-electron chi connectivity index (χ4n) is 1.40. The van der Waals surface area contributed by atoms with Gasteiger partial charge < -0.3 is 9.47 Å². The quantitative estimate of drug-likeness (QED) is 0.764. The average Bonchev–Trinajstić information content (AvgIpc) is 2.25. The third kappa shape index (κ3) is 3.56. The maximum absolute atomic E-state index is 8.97. The van der Waals surface area contributed by atoms with E-state index in [1.54, 1.807) is 0 Å². The highest BCUT2D eigenvalue weighted by Crippen LogP contribution is 2.22. The number of rotatable bonds is 5. The third-order valence-corrected chi connectivity index (χ3v) is 1.98. The molecule has 1 aromatic carbocycles. The van der Waals surface area contributed by atoms with Crippen LogP contribution in [0.4, 0.5) is 0 Å². The smallest absolute Gasteiger partial charge is 0.169 e. The Labute approximate surface area is 96.6 Å². The van der Waals surface area contributed by atoms with Gasteiger partial charge in [0.05, 0.1) is 12.2 Å². The van der Waals surface area contributed by atoms with Crippen LogP contribution in [0.5, 0.6) is 5.75 Å². The summed E-state index contributed by atoms with van der Waals surface area (Å²) in [7, 11) is 0. The van der Waals surface area contributed by atoms with Gasteiger partial charge in [0.2, 0.25) is 0 Å². The first-order valence-electron chi connectivity index (χ1n) is 5.45. The number of nitriles is 1. The lowest BCUT2D eigenvalue weighted by atomic mass is 10.1. The van der Waals surface area contributed by atoms with Gasteiger partial charge in [-0.05, 0) is 38.5 Å². The maximum atomic E-state index is 8.97. The molecule has 0 saturated heterocycles. The number of hydrogen-bond donors (Lipinski definition) is 0. The second-order valence-electron chi connectivity index (χ2n) is 3.70. The van der Waals surface area contributed by atoms with E-state index < -0.39 is 6.10 Å². The monoisotopic (exact) mass is 219 g/mol. The topological polar surface area (TPSA) is 42.2 Å². The van der Waals surface area contributed by atoms with Crippen molar-refractivity contribution in [3.8, 4) is 11.8 Å². The molecule has 0 radical (unpaired) electrons. The van der Waals surface area contributed by atoms with E-state index in [1.807, 2.05) is 45.0 Å². The van der Waals surface area contributed by atoms with Gasteiger partial charge in [0.15, 0.2) is 6.10 Å². The van der Waals surface area contributed by atoms with E-state index in [4.69, 9.17) is 14.7 Å². The first kappa shape index (κ1) is 12.5. The van der Waals surface area contributed by atoms with Crippen molar-refractivity contribution in [2.24, 2.45) is 0 Å². The van der Waals surface area contributed by atoms with Crippen LogP contribution >= 0.6 is 0 Å². The Bertz CT molecular complexity index is 368. The van der Waals surface area contributed by atoms with E-state index in [0.29, 0.717) is 6.61 Å². The van der Waals surface area contributed by atoms with Crippen molar-refractivity contribution in [2.75, 3.05) is 6.61 Å². The van der Waals surface area contributed by atoms with E-state index in [9.17, 15) is 0 Å². The highest BCUT2D eigenvalue weighted by Gasteiger charge is 2.10. The van der Waals surface area contributed by atoms with Crippen LogP contribution in [-0.4, -0.2) is 12.7 Å². The summed E-state index contributed by atoms with van der Waals surface area (Å²) in [5, 5.41) is 8.97. The number of nitrogens with zero attached hydrogens (tertiary/aromatic N) is 1. The van der Waals surface area contributed by atoms with Crippen molar-refractivity contribution in [1.82, 2.24) is 0 Å². The molecule has 1 unspecified atom stereocenters. The SMILES string of the molecule is CCOC(C#N)c1cccc(OC(C)C)c1. The molecule has 1 atom stereocenters. The Morgan fingerprint density at radius 2 is 2.12 bits per heavy atom. The van der Waals surface area contributed by atoms with Crippen molar-refractivity contribution < 1.29 is 9.47 Å². The first-order valence-corrected chi connectivity index (χ1v) is 5.45. The zero-order valence-corrected chi connectivity index (χ0v) is 9.93. The van der Waals surface area contributed by atoms with E-state index in [2.05, 4.69) is 6.07 Å². The first-order chi connectivity index (χ1) is 7.67. The Kier molecular flexibility index (Phi) is 4.81. The minimum atomic E-state index is -0.513. The molecular formula is C13H17NO2. The summed E-state index contributed by atoms with van der Waals surface area (Å²) in [5.74, 6) is 0.771. The van der Waals surface area contributed by atoms with E-state index >= 15 is 0 Å². The lowest BCUT2D eigenvalue weighted by Crippen LogP contribution is -2.07. The Hall–Kier alpha value is -1.53. The Morgan fingerprint density at radius 3 is 2.69 bits per heavy atom. The predicted octanol–water partition coefficient (Wildman–Crippen LogP) is 3.07. The van der Waals surface area contributed by atoms with Crippen LogP contribution in [0.25, 0.3) is 0 Å². The standard InChI is InChI=1S/C13H17NO2/c1-4-15-13(9-14)11-6-5-7-12(8-11)16-10(2)3/h5-8,10,13H,4H2,1-3H3. The van der Waals surface area contributed by atoms with Crippen molar-refractivity contribution in [2.45, 2.75) is 33.0 Å². The minimum Gasteiger partial charge on any atom is -0.491 e. The zero-order chi connectivity index (χ0) is 12.0. The molecule has 3 heteroatoms. The summed E-state index contributed by atoms with van der Waals surface area (Å²) >= 11 is 0. The highest BCUT2D eigenvalue weighted by atomic mass is 16.5. The van der Waals surface area contributed by atoms with Gasteiger partial charge in [0.25, 0.3) is 0 Å². The molecule has 0 N–H and O–H groups in total. The lowest BCUT2D eigenvalue weighted by Gasteiger charge is -2.13. The van der Waals surface area contributed by atoms with Crippen LogP contribution in [0.3, 0.4) is 0 Å². The van der Waals surface area contributed by atoms with Crippen molar-refractivity contribution in [1.29, 1.82) is 5.26 Å². The van der Waals surface area contributed by atoms with Gasteiger partial charge in [-0.25, -0.2) is 0 Å². The Morgan fingerprint density at radius 1 is 1.38 bits per heavy atom. The predicted molar refractivity (Wildman–Crippen MR) is 62.2 cm³/mol. The van der Waals surface area contributed by atoms with Crippen molar-refractivity contribution in [3.05, 3.63) is 29.8 Å². The van der Waals surface area contributed by atoms with Gasteiger partial charge in [0, 0.05) is 6.61 Å². The number of ether oxygens (including phenoxy) is 2. The second kappa shape index (κ2) is 6.14. The van der Waals surface area contributed by atoms with Crippen LogP contribution in [0, 0.1) is 11.3 Å². The number of hydrogen-bond acceptors (Lipinski definition) is 3. The van der Waals surface area contributed by atoms with E-state index in [-0.39, 0.29) is 6.10 Å². The summed E-state index contributed by atoms with van der Waals surface area (Å²) in [6, 6.07) is 9.59. The highest BCUT2D eigenvalue weighted by molar-refractivity contribution is 5.32. The number of benzene rings is 1. The fraction of sp³-hybridized carbons (Fsp3) is 0.462. The molecule has 0 aliphatic heterocycles. The molecule has 0 aliphatic carbocycles. The van der Waals surface area contributed by atoms with Crippen molar-refractivity contribution >= 4 is 0 Å². The molecule has 16 heavy (non-hydrogen) atoms. The summed E-state index contributed by atoms with van der Waals surface area (Å²) in [4.78, 5) is 0. The maximum Gasteiger partial charge on any atom is 0.169 e. The molecule has 0 amide bonds. The van der Waals surface area contributed by atoms with Gasteiger partial charge in [-0.15, -0.1) is 0 Å². The van der Waals surface area contributed by atoms with E-state index in [0.717, 1.165) is 11.3 Å². The average molecular weight is 219 g/mol. The Balaban J connectivity index is 2.84. The molecule has 1 rings (SSSR count). The van der Waals surface area contributed by atoms with Gasteiger partial charge in [-0.1, -0.05) is 12.1 Å². The van der Waals surface area contributed by atoms with Crippen LogP contribution in [0.1, 0.15) is 32.4 Å². The van der Waals surface area contributed by atoms with Crippen LogP contribution in [-0.2, 0) is 4.74 Å². The normalized spacial score (nSPS) is 12.2. The molecule has 0 bridgehead atoms. The summed E-state index contributed by atoms with van der Waals surface area (Å²) in [5.41, 5.74) is 0.836. The largest absolute Gasteiger partial charge is 0.491 e. The molecule has 0 heterocycles. The van der Waals surface area contributed by atoms with Crippen LogP contribution in [0.15, 0.2) is 24.3 Å². The summed E-state index contributed by atoms with van der Waals surface area (Å²) < 4.78 is 10.9. The fourth-order valence-corrected chi connectivity index (χ4v) is 1.40. The molecule has 0 aromatic heterocycles. The molecular weight excluding hydrogens is 202 g/mol.